The third-order valence-electron chi connectivity index (χ3n) is 6.29. The largest absolute Gasteiger partial charge is 0.352 e. The van der Waals surface area contributed by atoms with Gasteiger partial charge in [0.05, 0.1) is 11.9 Å². The van der Waals surface area contributed by atoms with E-state index in [-0.39, 0.29) is 30.6 Å². The van der Waals surface area contributed by atoms with Gasteiger partial charge < -0.3 is 10.2 Å². The Morgan fingerprint density at radius 2 is 1.64 bits per heavy atom. The molecule has 0 aliphatic rings. The van der Waals surface area contributed by atoms with Gasteiger partial charge in [0.25, 0.3) is 0 Å². The molecule has 0 unspecified atom stereocenters. The van der Waals surface area contributed by atoms with Crippen molar-refractivity contribution in [1.82, 2.24) is 10.2 Å². The third-order valence-corrected chi connectivity index (χ3v) is 7.92. The lowest BCUT2D eigenvalue weighted by atomic mass is 10.0. The summed E-state index contributed by atoms with van der Waals surface area (Å²) in [5, 5.41) is 2.98. The number of hydrogen-bond donors (Lipinski definition) is 1. The normalized spacial score (nSPS) is 12.8. The molecule has 0 fully saturated rings. The molecule has 0 aliphatic carbocycles. The Labute approximate surface area is 238 Å². The highest BCUT2D eigenvalue weighted by molar-refractivity contribution is 9.10. The van der Waals surface area contributed by atoms with Gasteiger partial charge >= 0.3 is 0 Å². The minimum absolute atomic E-state index is 0.0249. The Morgan fingerprint density at radius 3 is 2.26 bits per heavy atom. The van der Waals surface area contributed by atoms with Gasteiger partial charge in [-0.2, -0.15) is 0 Å². The van der Waals surface area contributed by atoms with E-state index in [1.54, 1.807) is 0 Å². The maximum absolute atomic E-state index is 14.0. The molecule has 0 saturated carbocycles. The van der Waals surface area contributed by atoms with Crippen LogP contribution in [0, 0.1) is 5.82 Å². The molecule has 2 amide bonds. The van der Waals surface area contributed by atoms with Gasteiger partial charge in [-0.1, -0.05) is 71.4 Å². The maximum atomic E-state index is 14.0. The molecule has 39 heavy (non-hydrogen) atoms. The van der Waals surface area contributed by atoms with Crippen molar-refractivity contribution in [3.63, 3.8) is 0 Å². The molecule has 208 valence electrons. The second kappa shape index (κ2) is 13.7. The molecule has 7 nitrogen and oxygen atoms in total. The number of hydrogen-bond acceptors (Lipinski definition) is 4. The molecule has 2 atom stereocenters. The second-order valence-electron chi connectivity index (χ2n) is 9.42. The average molecular weight is 619 g/mol. The van der Waals surface area contributed by atoms with Crippen LogP contribution in [0.1, 0.15) is 31.4 Å². The van der Waals surface area contributed by atoms with Gasteiger partial charge in [0, 0.05) is 23.5 Å². The third kappa shape index (κ3) is 8.90. The quantitative estimate of drug-likeness (QED) is 0.313. The standard InChI is InChI=1S/C29H33BrFN3O4S/c1-4-21(2)32-29(36)27(17-22-10-6-5-7-11-22)33(19-23-12-8-13-24(30)16-23)28(35)20-34(39(3,37)38)26-15-9-14-25(31)18-26/h5-16,18,21,27H,4,17,19-20H2,1-3H3,(H,32,36)/t21-,27+/m0/s1. The summed E-state index contributed by atoms with van der Waals surface area (Å²) in [4.78, 5) is 29.0. The molecule has 0 saturated heterocycles. The number of carbonyl (C=O) groups excluding carboxylic acids is 2. The van der Waals surface area contributed by atoms with E-state index in [4.69, 9.17) is 0 Å². The van der Waals surface area contributed by atoms with E-state index in [0.29, 0.717) is 6.42 Å². The summed E-state index contributed by atoms with van der Waals surface area (Å²) in [6, 6.07) is 20.7. The topological polar surface area (TPSA) is 86.8 Å². The molecule has 3 aromatic carbocycles. The van der Waals surface area contributed by atoms with Crippen molar-refractivity contribution < 1.29 is 22.4 Å². The summed E-state index contributed by atoms with van der Waals surface area (Å²) < 4.78 is 41.1. The van der Waals surface area contributed by atoms with Crippen molar-refractivity contribution in [2.24, 2.45) is 0 Å². The lowest BCUT2D eigenvalue weighted by Gasteiger charge is -2.34. The summed E-state index contributed by atoms with van der Waals surface area (Å²) in [7, 11) is -3.96. The van der Waals surface area contributed by atoms with Gasteiger partial charge in [-0.15, -0.1) is 0 Å². The first-order chi connectivity index (χ1) is 18.5. The fourth-order valence-electron chi connectivity index (χ4n) is 4.07. The zero-order valence-corrected chi connectivity index (χ0v) is 24.6. The van der Waals surface area contributed by atoms with Crippen molar-refractivity contribution in [1.29, 1.82) is 0 Å². The number of anilines is 1. The molecule has 0 bridgehead atoms. The van der Waals surface area contributed by atoms with Gasteiger partial charge in [-0.05, 0) is 54.8 Å². The first kappa shape index (κ1) is 30.3. The highest BCUT2D eigenvalue weighted by atomic mass is 79.9. The first-order valence-electron chi connectivity index (χ1n) is 12.6. The zero-order valence-electron chi connectivity index (χ0n) is 22.2. The molecular weight excluding hydrogens is 585 g/mol. The lowest BCUT2D eigenvalue weighted by Crippen LogP contribution is -2.54. The zero-order chi connectivity index (χ0) is 28.6. The molecule has 0 aromatic heterocycles. The molecular formula is C29H33BrFN3O4S. The number of sulfonamides is 1. The summed E-state index contributed by atoms with van der Waals surface area (Å²) in [6.07, 6.45) is 1.88. The molecule has 3 rings (SSSR count). The molecule has 0 heterocycles. The minimum Gasteiger partial charge on any atom is -0.352 e. The van der Waals surface area contributed by atoms with Crippen LogP contribution in [0.3, 0.4) is 0 Å². The number of rotatable bonds is 12. The number of halogens is 2. The number of nitrogens with one attached hydrogen (secondary N) is 1. The van der Waals surface area contributed by atoms with Crippen LogP contribution in [0.4, 0.5) is 10.1 Å². The fraction of sp³-hybridized carbons (Fsp3) is 0.310. The average Bonchev–Trinajstić information content (AvgIpc) is 2.89. The molecule has 0 radical (unpaired) electrons. The van der Waals surface area contributed by atoms with Gasteiger partial charge in [-0.25, -0.2) is 12.8 Å². The first-order valence-corrected chi connectivity index (χ1v) is 15.2. The van der Waals surface area contributed by atoms with Crippen molar-refractivity contribution in [2.45, 2.75) is 45.3 Å². The fourth-order valence-corrected chi connectivity index (χ4v) is 5.36. The van der Waals surface area contributed by atoms with Gasteiger partial charge in [0.1, 0.15) is 18.4 Å². The lowest BCUT2D eigenvalue weighted by molar-refractivity contribution is -0.140. The van der Waals surface area contributed by atoms with E-state index < -0.39 is 34.3 Å². The highest BCUT2D eigenvalue weighted by Crippen LogP contribution is 2.22. The maximum Gasteiger partial charge on any atom is 0.244 e. The van der Waals surface area contributed by atoms with E-state index >= 15 is 0 Å². The number of amides is 2. The van der Waals surface area contributed by atoms with E-state index in [1.165, 1.54) is 23.1 Å². The Bertz CT molecular complexity index is 1390. The van der Waals surface area contributed by atoms with E-state index in [0.717, 1.165) is 32.2 Å². The van der Waals surface area contributed by atoms with Gasteiger partial charge in [-0.3, -0.25) is 13.9 Å². The number of carbonyl (C=O) groups is 2. The Hall–Kier alpha value is -3.24. The number of nitrogens with zero attached hydrogens (tertiary/aromatic N) is 2. The predicted molar refractivity (Wildman–Crippen MR) is 155 cm³/mol. The van der Waals surface area contributed by atoms with Crippen molar-refractivity contribution >= 4 is 43.5 Å². The van der Waals surface area contributed by atoms with Crippen LogP contribution >= 0.6 is 15.9 Å². The molecule has 3 aromatic rings. The second-order valence-corrected chi connectivity index (χ2v) is 12.2. The van der Waals surface area contributed by atoms with Crippen LogP contribution in [0.15, 0.2) is 83.3 Å². The SMILES string of the molecule is CC[C@H](C)NC(=O)[C@@H](Cc1ccccc1)N(Cc1cccc(Br)c1)C(=O)CN(c1cccc(F)c1)S(C)(=O)=O. The van der Waals surface area contributed by atoms with E-state index in [1.807, 2.05) is 68.4 Å². The monoisotopic (exact) mass is 617 g/mol. The molecule has 0 aliphatic heterocycles. The summed E-state index contributed by atoms with van der Waals surface area (Å²) in [6.45, 7) is 3.29. The Balaban J connectivity index is 2.06. The Kier molecular flexibility index (Phi) is 10.7. The van der Waals surface area contributed by atoms with Crippen LogP contribution in [-0.4, -0.2) is 50.0 Å². The van der Waals surface area contributed by atoms with E-state index in [2.05, 4.69) is 21.2 Å². The predicted octanol–water partition coefficient (Wildman–Crippen LogP) is 4.91. The molecule has 0 spiro atoms. The van der Waals surface area contributed by atoms with Gasteiger partial charge in [0.2, 0.25) is 21.8 Å². The van der Waals surface area contributed by atoms with Crippen molar-refractivity contribution in [3.05, 3.63) is 100 Å². The van der Waals surface area contributed by atoms with Crippen LogP contribution in [-0.2, 0) is 32.6 Å². The Morgan fingerprint density at radius 1 is 0.974 bits per heavy atom. The van der Waals surface area contributed by atoms with Gasteiger partial charge in [0.15, 0.2) is 0 Å². The summed E-state index contributed by atoms with van der Waals surface area (Å²) in [5.74, 6) is -1.56. The smallest absolute Gasteiger partial charge is 0.244 e. The van der Waals surface area contributed by atoms with Crippen LogP contribution in [0.25, 0.3) is 0 Å². The minimum atomic E-state index is -3.96. The molecule has 10 heteroatoms. The van der Waals surface area contributed by atoms with Crippen LogP contribution in [0.5, 0.6) is 0 Å². The highest BCUT2D eigenvalue weighted by Gasteiger charge is 2.33. The van der Waals surface area contributed by atoms with Crippen molar-refractivity contribution in [3.8, 4) is 0 Å². The van der Waals surface area contributed by atoms with Crippen LogP contribution in [0.2, 0.25) is 0 Å². The summed E-state index contributed by atoms with van der Waals surface area (Å²) in [5.41, 5.74) is 1.62. The molecule has 1 N–H and O–H groups in total. The number of benzene rings is 3. The van der Waals surface area contributed by atoms with Crippen molar-refractivity contribution in [2.75, 3.05) is 17.1 Å². The van der Waals surface area contributed by atoms with Crippen LogP contribution < -0.4 is 9.62 Å². The van der Waals surface area contributed by atoms with E-state index in [9.17, 15) is 22.4 Å². The summed E-state index contributed by atoms with van der Waals surface area (Å²) >= 11 is 3.45.